The molecular weight excluding hydrogens is 284 g/mol. The molecule has 118 valence electrons. The first kappa shape index (κ1) is 16.5. The van der Waals surface area contributed by atoms with Crippen molar-refractivity contribution in [1.29, 1.82) is 0 Å². The van der Waals surface area contributed by atoms with Crippen molar-refractivity contribution in [2.24, 2.45) is 5.92 Å². The fourth-order valence-corrected chi connectivity index (χ4v) is 3.53. The van der Waals surface area contributed by atoms with Crippen LogP contribution in [0.2, 0.25) is 5.15 Å². The molecule has 0 amide bonds. The van der Waals surface area contributed by atoms with E-state index in [1.54, 1.807) is 0 Å². The van der Waals surface area contributed by atoms with Crippen LogP contribution in [0.3, 0.4) is 0 Å². The first-order valence-corrected chi connectivity index (χ1v) is 8.28. The zero-order chi connectivity index (χ0) is 15.5. The van der Waals surface area contributed by atoms with Gasteiger partial charge in [-0.15, -0.1) is 0 Å². The summed E-state index contributed by atoms with van der Waals surface area (Å²) in [7, 11) is 4.37. The van der Waals surface area contributed by atoms with Gasteiger partial charge in [-0.05, 0) is 32.9 Å². The number of halogens is 1. The van der Waals surface area contributed by atoms with Crippen LogP contribution in [-0.4, -0.2) is 41.0 Å². The average Bonchev–Trinajstić information content (AvgIpc) is 2.44. The van der Waals surface area contributed by atoms with E-state index in [9.17, 15) is 0 Å². The molecule has 0 saturated heterocycles. The third-order valence-corrected chi connectivity index (χ3v) is 4.87. The van der Waals surface area contributed by atoms with Gasteiger partial charge >= 0.3 is 0 Å². The normalized spacial score (nSPS) is 26.1. The smallest absolute Gasteiger partial charge is 0.134 e. The van der Waals surface area contributed by atoms with Crippen molar-refractivity contribution in [2.75, 3.05) is 26.0 Å². The van der Waals surface area contributed by atoms with Gasteiger partial charge in [-0.1, -0.05) is 38.3 Å². The summed E-state index contributed by atoms with van der Waals surface area (Å²) in [6.45, 7) is 5.30. The number of likely N-dealkylation sites (N-methyl/N-ethyl adjacent to an activating group) is 1. The van der Waals surface area contributed by atoms with Gasteiger partial charge in [0.25, 0.3) is 0 Å². The molecule has 0 aromatic carbocycles. The van der Waals surface area contributed by atoms with E-state index in [0.717, 1.165) is 30.5 Å². The lowest BCUT2D eigenvalue weighted by Gasteiger charge is -2.45. The highest BCUT2D eigenvalue weighted by molar-refractivity contribution is 6.29. The Balaban J connectivity index is 2.10. The predicted molar refractivity (Wildman–Crippen MR) is 89.0 cm³/mol. The number of anilines is 1. The second-order valence-corrected chi connectivity index (χ2v) is 6.91. The fourth-order valence-electron chi connectivity index (χ4n) is 3.33. The van der Waals surface area contributed by atoms with Gasteiger partial charge in [-0.25, -0.2) is 9.97 Å². The number of hydrogen-bond acceptors (Lipinski definition) is 4. The predicted octanol–water partition coefficient (Wildman–Crippen LogP) is 3.61. The SMILES string of the molecule is CCc1nc(Cl)cc(NCC2(N(C)C)CCCC(C)C2)n1. The van der Waals surface area contributed by atoms with Gasteiger partial charge in [0.2, 0.25) is 0 Å². The van der Waals surface area contributed by atoms with Crippen LogP contribution in [-0.2, 0) is 6.42 Å². The van der Waals surface area contributed by atoms with Gasteiger partial charge in [0.1, 0.15) is 16.8 Å². The number of nitrogens with zero attached hydrogens (tertiary/aromatic N) is 3. The van der Waals surface area contributed by atoms with Gasteiger partial charge in [0.15, 0.2) is 0 Å². The Bertz CT molecular complexity index is 477. The topological polar surface area (TPSA) is 41.1 Å². The summed E-state index contributed by atoms with van der Waals surface area (Å²) in [5, 5.41) is 4.01. The van der Waals surface area contributed by atoms with Gasteiger partial charge in [-0.3, -0.25) is 0 Å². The van der Waals surface area contributed by atoms with E-state index < -0.39 is 0 Å². The Morgan fingerprint density at radius 3 is 2.81 bits per heavy atom. The summed E-state index contributed by atoms with van der Waals surface area (Å²) in [4.78, 5) is 11.1. The zero-order valence-corrected chi connectivity index (χ0v) is 14.4. The molecular formula is C16H27ClN4. The van der Waals surface area contributed by atoms with Crippen molar-refractivity contribution in [3.8, 4) is 0 Å². The highest BCUT2D eigenvalue weighted by Crippen LogP contribution is 2.35. The van der Waals surface area contributed by atoms with Crippen LogP contribution in [0.25, 0.3) is 0 Å². The standard InChI is InChI=1S/C16H27ClN4/c1-5-14-19-13(17)9-15(20-14)18-11-16(21(3)4)8-6-7-12(2)10-16/h9,12H,5-8,10-11H2,1-4H3,(H,18,19,20). The van der Waals surface area contributed by atoms with Gasteiger partial charge in [0, 0.05) is 24.6 Å². The van der Waals surface area contributed by atoms with Gasteiger partial charge in [0.05, 0.1) is 0 Å². The van der Waals surface area contributed by atoms with E-state index in [2.05, 4.69) is 41.2 Å². The van der Waals surface area contributed by atoms with Crippen LogP contribution in [0.4, 0.5) is 5.82 Å². The van der Waals surface area contributed by atoms with E-state index in [-0.39, 0.29) is 5.54 Å². The van der Waals surface area contributed by atoms with Crippen LogP contribution in [0.5, 0.6) is 0 Å². The Morgan fingerprint density at radius 1 is 1.43 bits per heavy atom. The minimum atomic E-state index is 0.210. The number of nitrogens with one attached hydrogen (secondary N) is 1. The molecule has 1 fully saturated rings. The lowest BCUT2D eigenvalue weighted by atomic mass is 9.75. The van der Waals surface area contributed by atoms with E-state index in [4.69, 9.17) is 11.6 Å². The van der Waals surface area contributed by atoms with Crippen molar-refractivity contribution < 1.29 is 0 Å². The third-order valence-electron chi connectivity index (χ3n) is 4.67. The molecule has 2 atom stereocenters. The van der Waals surface area contributed by atoms with E-state index >= 15 is 0 Å². The van der Waals surface area contributed by atoms with Crippen LogP contribution >= 0.6 is 11.6 Å². The first-order chi connectivity index (χ1) is 9.95. The summed E-state index contributed by atoms with van der Waals surface area (Å²) in [5.41, 5.74) is 0.210. The fraction of sp³-hybridized carbons (Fsp3) is 0.750. The average molecular weight is 311 g/mol. The lowest BCUT2D eigenvalue weighted by Crippen LogP contribution is -2.52. The number of rotatable bonds is 5. The van der Waals surface area contributed by atoms with Crippen LogP contribution in [0.15, 0.2) is 6.07 Å². The second kappa shape index (κ2) is 6.93. The molecule has 1 saturated carbocycles. The van der Waals surface area contributed by atoms with Gasteiger partial charge in [-0.2, -0.15) is 0 Å². The maximum Gasteiger partial charge on any atom is 0.134 e. The molecule has 1 heterocycles. The molecule has 0 spiro atoms. The van der Waals surface area contributed by atoms with Crippen molar-refractivity contribution in [1.82, 2.24) is 14.9 Å². The second-order valence-electron chi connectivity index (χ2n) is 6.52. The Morgan fingerprint density at radius 2 is 2.19 bits per heavy atom. The van der Waals surface area contributed by atoms with Gasteiger partial charge < -0.3 is 10.2 Å². The van der Waals surface area contributed by atoms with E-state index in [0.29, 0.717) is 5.15 Å². The molecule has 1 aliphatic carbocycles. The molecule has 0 radical (unpaired) electrons. The quantitative estimate of drug-likeness (QED) is 0.843. The van der Waals surface area contributed by atoms with Crippen LogP contribution in [0.1, 0.15) is 45.4 Å². The minimum Gasteiger partial charge on any atom is -0.368 e. The molecule has 1 N–H and O–H groups in total. The minimum absolute atomic E-state index is 0.210. The van der Waals surface area contributed by atoms with Crippen LogP contribution in [0, 0.1) is 5.92 Å². The third kappa shape index (κ3) is 4.07. The van der Waals surface area contributed by atoms with Crippen molar-refractivity contribution in [2.45, 2.75) is 51.5 Å². The Kier molecular flexibility index (Phi) is 5.44. The summed E-state index contributed by atoms with van der Waals surface area (Å²) in [6.07, 6.45) is 5.90. The van der Waals surface area contributed by atoms with Crippen molar-refractivity contribution in [3.05, 3.63) is 17.0 Å². The molecule has 5 heteroatoms. The molecule has 0 bridgehead atoms. The highest BCUT2D eigenvalue weighted by atomic mass is 35.5. The van der Waals surface area contributed by atoms with Crippen LogP contribution < -0.4 is 5.32 Å². The molecule has 2 rings (SSSR count). The van der Waals surface area contributed by atoms with E-state index in [1.165, 1.54) is 25.7 Å². The first-order valence-electron chi connectivity index (χ1n) is 7.90. The van der Waals surface area contributed by atoms with Crippen molar-refractivity contribution in [3.63, 3.8) is 0 Å². The monoisotopic (exact) mass is 310 g/mol. The molecule has 1 aromatic heterocycles. The molecule has 0 aliphatic heterocycles. The van der Waals surface area contributed by atoms with E-state index in [1.807, 2.05) is 13.0 Å². The summed E-state index contributed by atoms with van der Waals surface area (Å²) < 4.78 is 0. The Labute approximate surface area is 133 Å². The molecule has 21 heavy (non-hydrogen) atoms. The Hall–Kier alpha value is -0.870. The number of aromatic nitrogens is 2. The maximum atomic E-state index is 6.07. The maximum absolute atomic E-state index is 6.07. The zero-order valence-electron chi connectivity index (χ0n) is 13.6. The largest absolute Gasteiger partial charge is 0.368 e. The highest BCUT2D eigenvalue weighted by Gasteiger charge is 2.36. The molecule has 4 nitrogen and oxygen atoms in total. The summed E-state index contributed by atoms with van der Waals surface area (Å²) >= 11 is 6.07. The lowest BCUT2D eigenvalue weighted by molar-refractivity contribution is 0.0881. The summed E-state index contributed by atoms with van der Waals surface area (Å²) in [5.74, 6) is 2.41. The molecule has 1 aliphatic rings. The number of hydrogen-bond donors (Lipinski definition) is 1. The molecule has 2 unspecified atom stereocenters. The van der Waals surface area contributed by atoms with Crippen molar-refractivity contribution >= 4 is 17.4 Å². The number of aryl methyl sites for hydroxylation is 1. The summed E-state index contributed by atoms with van der Waals surface area (Å²) in [6, 6.07) is 1.82. The molecule has 1 aromatic rings.